The Balaban J connectivity index is 1.59. The maximum absolute atomic E-state index is 13.7. The highest BCUT2D eigenvalue weighted by atomic mass is 32.2. The lowest BCUT2D eigenvalue weighted by atomic mass is 9.76. The molecule has 3 rings (SSSR count). The van der Waals surface area contributed by atoms with Crippen LogP contribution in [0.1, 0.15) is 24.3 Å². The first-order chi connectivity index (χ1) is 11.5. The molecule has 0 spiro atoms. The first kappa shape index (κ1) is 17.1. The van der Waals surface area contributed by atoms with Crippen molar-refractivity contribution in [3.8, 4) is 0 Å². The molecule has 0 aliphatic heterocycles. The van der Waals surface area contributed by atoms with Gasteiger partial charge in [-0.05, 0) is 30.4 Å². The Morgan fingerprint density at radius 3 is 2.83 bits per heavy atom. The van der Waals surface area contributed by atoms with E-state index in [1.54, 1.807) is 25.3 Å². The van der Waals surface area contributed by atoms with Crippen LogP contribution in [0.5, 0.6) is 0 Å². The molecule has 0 radical (unpaired) electrons. The average Bonchev–Trinajstić information content (AvgIpc) is 2.99. The van der Waals surface area contributed by atoms with E-state index < -0.39 is 10.0 Å². The van der Waals surface area contributed by atoms with E-state index in [9.17, 15) is 12.8 Å². The number of sulfonamides is 1. The maximum Gasteiger partial charge on any atom is 0.243 e. The molecule has 0 atom stereocenters. The van der Waals surface area contributed by atoms with Gasteiger partial charge in [0.05, 0.1) is 19.3 Å². The SMILES string of the molecule is COCCn1cc(S(=O)(=O)NC2CC(c3ccccc3F)C2)cn1. The third-order valence-electron chi connectivity index (χ3n) is 4.25. The molecule has 2 aromatic rings. The fraction of sp³-hybridized carbons (Fsp3) is 0.438. The van der Waals surface area contributed by atoms with Crippen molar-refractivity contribution in [3.63, 3.8) is 0 Å². The Bertz CT molecular complexity index is 800. The number of ether oxygens (including phenoxy) is 1. The van der Waals surface area contributed by atoms with Crippen LogP contribution < -0.4 is 4.72 Å². The van der Waals surface area contributed by atoms with Crippen LogP contribution in [0.25, 0.3) is 0 Å². The molecule has 0 amide bonds. The largest absolute Gasteiger partial charge is 0.383 e. The summed E-state index contributed by atoms with van der Waals surface area (Å²) in [5, 5.41) is 4.01. The third kappa shape index (κ3) is 3.66. The van der Waals surface area contributed by atoms with Crippen molar-refractivity contribution < 1.29 is 17.5 Å². The van der Waals surface area contributed by atoms with Crippen molar-refractivity contribution in [2.75, 3.05) is 13.7 Å². The summed E-state index contributed by atoms with van der Waals surface area (Å²) in [6.45, 7) is 0.951. The van der Waals surface area contributed by atoms with Crippen LogP contribution in [0.4, 0.5) is 4.39 Å². The van der Waals surface area contributed by atoms with Gasteiger partial charge in [-0.2, -0.15) is 5.10 Å². The van der Waals surface area contributed by atoms with E-state index in [-0.39, 0.29) is 22.7 Å². The molecule has 24 heavy (non-hydrogen) atoms. The fourth-order valence-corrected chi connectivity index (χ4v) is 4.07. The Morgan fingerprint density at radius 2 is 2.12 bits per heavy atom. The predicted molar refractivity (Wildman–Crippen MR) is 86.6 cm³/mol. The van der Waals surface area contributed by atoms with Crippen LogP contribution in [-0.4, -0.2) is 38.0 Å². The van der Waals surface area contributed by atoms with Gasteiger partial charge in [0.2, 0.25) is 10.0 Å². The average molecular weight is 353 g/mol. The molecule has 1 aromatic carbocycles. The molecular weight excluding hydrogens is 333 g/mol. The van der Waals surface area contributed by atoms with Gasteiger partial charge in [-0.15, -0.1) is 0 Å². The summed E-state index contributed by atoms with van der Waals surface area (Å²) >= 11 is 0. The van der Waals surface area contributed by atoms with Crippen LogP contribution in [0.3, 0.4) is 0 Å². The summed E-state index contributed by atoms with van der Waals surface area (Å²) in [4.78, 5) is 0.132. The molecule has 1 fully saturated rings. The molecule has 6 nitrogen and oxygen atoms in total. The summed E-state index contributed by atoms with van der Waals surface area (Å²) in [5.74, 6) is -0.174. The topological polar surface area (TPSA) is 73.2 Å². The van der Waals surface area contributed by atoms with Gasteiger partial charge in [0.25, 0.3) is 0 Å². The lowest BCUT2D eigenvalue weighted by molar-refractivity contribution is 0.183. The number of hydrogen-bond donors (Lipinski definition) is 1. The second-order valence-corrected chi connectivity index (χ2v) is 7.65. The molecule has 1 aliphatic carbocycles. The van der Waals surface area contributed by atoms with Crippen molar-refractivity contribution in [1.29, 1.82) is 0 Å². The van der Waals surface area contributed by atoms with Crippen molar-refractivity contribution in [1.82, 2.24) is 14.5 Å². The molecule has 8 heteroatoms. The molecule has 0 unspecified atom stereocenters. The zero-order valence-electron chi connectivity index (χ0n) is 13.4. The maximum atomic E-state index is 13.7. The van der Waals surface area contributed by atoms with Crippen LogP contribution in [0, 0.1) is 5.82 Å². The molecule has 0 bridgehead atoms. The number of hydrogen-bond acceptors (Lipinski definition) is 4. The van der Waals surface area contributed by atoms with Crippen molar-refractivity contribution in [3.05, 3.63) is 48.0 Å². The van der Waals surface area contributed by atoms with Crippen molar-refractivity contribution >= 4 is 10.0 Å². The number of benzene rings is 1. The standard InChI is InChI=1S/C16H20FN3O3S/c1-23-7-6-20-11-14(10-18-20)24(21,22)19-13-8-12(9-13)15-4-2-3-5-16(15)17/h2-5,10-13,19H,6-9H2,1H3. The van der Waals surface area contributed by atoms with E-state index in [0.717, 1.165) is 0 Å². The molecule has 130 valence electrons. The molecule has 1 saturated carbocycles. The van der Waals surface area contributed by atoms with Gasteiger partial charge in [-0.1, -0.05) is 18.2 Å². The Hall–Kier alpha value is -1.77. The number of nitrogens with one attached hydrogen (secondary N) is 1. The monoisotopic (exact) mass is 353 g/mol. The van der Waals surface area contributed by atoms with Crippen LogP contribution in [0.15, 0.2) is 41.6 Å². The Labute approximate surface area is 140 Å². The first-order valence-corrected chi connectivity index (χ1v) is 9.26. The smallest absolute Gasteiger partial charge is 0.243 e. The van der Waals surface area contributed by atoms with Crippen LogP contribution in [-0.2, 0) is 21.3 Å². The second-order valence-electron chi connectivity index (χ2n) is 5.94. The highest BCUT2D eigenvalue weighted by molar-refractivity contribution is 7.89. The zero-order valence-corrected chi connectivity index (χ0v) is 14.2. The van der Waals surface area contributed by atoms with Crippen LogP contribution >= 0.6 is 0 Å². The highest BCUT2D eigenvalue weighted by Gasteiger charge is 2.35. The van der Waals surface area contributed by atoms with E-state index in [4.69, 9.17) is 4.74 Å². The van der Waals surface area contributed by atoms with E-state index in [0.29, 0.717) is 31.6 Å². The van der Waals surface area contributed by atoms with Gasteiger partial charge < -0.3 is 4.74 Å². The van der Waals surface area contributed by atoms with Crippen LogP contribution in [0.2, 0.25) is 0 Å². The summed E-state index contributed by atoms with van der Waals surface area (Å²) in [6.07, 6.45) is 4.00. The molecule has 1 aliphatic rings. The van der Waals surface area contributed by atoms with Gasteiger partial charge in [0, 0.05) is 19.3 Å². The van der Waals surface area contributed by atoms with Gasteiger partial charge in [-0.3, -0.25) is 4.68 Å². The number of methoxy groups -OCH3 is 1. The minimum absolute atomic E-state index is 0.0586. The van der Waals surface area contributed by atoms with Crippen molar-refractivity contribution in [2.24, 2.45) is 0 Å². The van der Waals surface area contributed by atoms with Crippen molar-refractivity contribution in [2.45, 2.75) is 36.2 Å². The van der Waals surface area contributed by atoms with Gasteiger partial charge in [-0.25, -0.2) is 17.5 Å². The highest BCUT2D eigenvalue weighted by Crippen LogP contribution is 2.38. The predicted octanol–water partition coefficient (Wildman–Crippen LogP) is 1.89. The number of nitrogens with zero attached hydrogens (tertiary/aromatic N) is 2. The Kier molecular flexibility index (Phi) is 4.98. The van der Waals surface area contributed by atoms with Gasteiger partial charge in [0.1, 0.15) is 10.7 Å². The zero-order chi connectivity index (χ0) is 17.2. The molecule has 1 N–H and O–H groups in total. The summed E-state index contributed by atoms with van der Waals surface area (Å²) in [5.41, 5.74) is 0.653. The summed E-state index contributed by atoms with van der Waals surface area (Å²) in [7, 11) is -2.03. The molecule has 0 saturated heterocycles. The molecular formula is C16H20FN3O3S. The number of halogens is 1. The first-order valence-electron chi connectivity index (χ1n) is 7.78. The Morgan fingerprint density at radius 1 is 1.38 bits per heavy atom. The van der Waals surface area contributed by atoms with Gasteiger partial charge >= 0.3 is 0 Å². The third-order valence-corrected chi connectivity index (χ3v) is 5.72. The molecule has 1 heterocycles. The quantitative estimate of drug-likeness (QED) is 0.825. The second kappa shape index (κ2) is 7.00. The molecule has 1 aromatic heterocycles. The minimum Gasteiger partial charge on any atom is -0.383 e. The summed E-state index contributed by atoms with van der Waals surface area (Å²) in [6, 6.07) is 6.46. The van der Waals surface area contributed by atoms with E-state index in [1.165, 1.54) is 23.1 Å². The minimum atomic E-state index is -3.61. The lowest BCUT2D eigenvalue weighted by Gasteiger charge is -2.35. The lowest BCUT2D eigenvalue weighted by Crippen LogP contribution is -2.43. The number of aromatic nitrogens is 2. The number of rotatable bonds is 7. The summed E-state index contributed by atoms with van der Waals surface area (Å²) < 4.78 is 47.6. The van der Waals surface area contributed by atoms with Gasteiger partial charge in [0.15, 0.2) is 0 Å². The fourth-order valence-electron chi connectivity index (χ4n) is 2.85. The van der Waals surface area contributed by atoms with E-state index in [2.05, 4.69) is 9.82 Å². The van der Waals surface area contributed by atoms with E-state index in [1.807, 2.05) is 0 Å². The normalized spacial score (nSPS) is 20.8. The van der Waals surface area contributed by atoms with E-state index >= 15 is 0 Å².